The molecule has 2 aromatic carbocycles. The van der Waals surface area contributed by atoms with Gasteiger partial charge in [0.05, 0.1) is 47.1 Å². The summed E-state index contributed by atoms with van der Waals surface area (Å²) in [4.78, 5) is 55.2. The number of benzene rings is 2. The lowest BCUT2D eigenvalue weighted by molar-refractivity contribution is -0.385. The number of nitrogens with zero attached hydrogens (tertiary/aromatic N) is 3. The van der Waals surface area contributed by atoms with E-state index in [2.05, 4.69) is 9.73 Å². The smallest absolute Gasteiger partial charge is 0.343 e. The summed E-state index contributed by atoms with van der Waals surface area (Å²) in [5.41, 5.74) is 2.48. The molecule has 0 radical (unpaired) electrons. The van der Waals surface area contributed by atoms with Crippen molar-refractivity contribution in [2.24, 2.45) is 4.99 Å². The molecule has 0 saturated heterocycles. The number of rotatable bonds is 11. The second-order valence-electron chi connectivity index (χ2n) is 10.7. The highest BCUT2D eigenvalue weighted by Gasteiger charge is 2.34. The predicted octanol–water partition coefficient (Wildman–Crippen LogP) is 4.53. The Morgan fingerprint density at radius 3 is 2.52 bits per heavy atom. The molecule has 0 saturated carbocycles. The number of carbonyl (C=O) groups is 2. The topological polar surface area (TPSA) is 162 Å². The maximum atomic E-state index is 14.1. The molecule has 250 valence electrons. The first-order chi connectivity index (χ1) is 23.0. The number of aromatic nitrogens is 1. The van der Waals surface area contributed by atoms with Crippen LogP contribution in [0.3, 0.4) is 0 Å². The van der Waals surface area contributed by atoms with Crippen molar-refractivity contribution < 1.29 is 37.9 Å². The summed E-state index contributed by atoms with van der Waals surface area (Å²) >= 11 is 1.12. The third-order valence-electron chi connectivity index (χ3n) is 7.69. The van der Waals surface area contributed by atoms with Gasteiger partial charge in [-0.3, -0.25) is 19.5 Å². The lowest BCUT2D eigenvalue weighted by Gasteiger charge is -2.25. The van der Waals surface area contributed by atoms with Crippen LogP contribution in [0.2, 0.25) is 0 Å². The number of aryl methyl sites for hydroxylation is 1. The average molecular weight is 676 g/mol. The molecule has 0 aliphatic carbocycles. The van der Waals surface area contributed by atoms with Gasteiger partial charge in [0.1, 0.15) is 11.5 Å². The number of nitro groups is 1. The number of methoxy groups -OCH3 is 1. The number of allylic oxidation sites excluding steroid dienone is 1. The Bertz CT molecular complexity index is 2140. The Morgan fingerprint density at radius 1 is 1.06 bits per heavy atom. The van der Waals surface area contributed by atoms with Crippen molar-refractivity contribution in [1.82, 2.24) is 4.57 Å². The first kappa shape index (κ1) is 33.9. The molecule has 5 rings (SSSR count). The van der Waals surface area contributed by atoms with Crippen LogP contribution < -0.4 is 24.4 Å². The molecule has 1 atom stereocenters. The minimum Gasteiger partial charge on any atom is -0.490 e. The highest BCUT2D eigenvalue weighted by molar-refractivity contribution is 7.07. The second-order valence-corrected chi connectivity index (χ2v) is 11.7. The number of esters is 2. The van der Waals surface area contributed by atoms with Crippen LogP contribution in [0, 0.1) is 24.0 Å². The molecule has 0 fully saturated rings. The van der Waals surface area contributed by atoms with E-state index in [1.54, 1.807) is 77.1 Å². The maximum Gasteiger partial charge on any atom is 0.343 e. The van der Waals surface area contributed by atoms with E-state index in [4.69, 9.17) is 18.6 Å². The van der Waals surface area contributed by atoms with Gasteiger partial charge in [-0.1, -0.05) is 17.4 Å². The van der Waals surface area contributed by atoms with E-state index in [9.17, 15) is 24.5 Å². The van der Waals surface area contributed by atoms with Gasteiger partial charge in [0.2, 0.25) is 0 Å². The first-order valence-electron chi connectivity index (χ1n) is 15.0. The summed E-state index contributed by atoms with van der Waals surface area (Å²) in [5, 5.41) is 11.6. The largest absolute Gasteiger partial charge is 0.490 e. The lowest BCUT2D eigenvalue weighted by Crippen LogP contribution is -2.40. The standard InChI is InChI=1S/C34H33N3O10S/c1-7-44-27-15-21(9-11-26(27)46-17-29(38)43-6)31-30(33(40)45-8-2)20(5)35-34-36(31)32(39)28(48-34)16-23-10-12-25(47-23)22-13-18(3)19(4)24(14-22)37(41)42/h9-16,31H,7-8,17H2,1-6H3/b28-16+/t31-/m0/s1. The van der Waals surface area contributed by atoms with E-state index in [0.29, 0.717) is 44.5 Å². The molecule has 13 nitrogen and oxygen atoms in total. The number of ether oxygens (including phenoxy) is 4. The zero-order valence-corrected chi connectivity index (χ0v) is 28.0. The normalized spacial score (nSPS) is 14.3. The van der Waals surface area contributed by atoms with Crippen molar-refractivity contribution in [3.05, 3.63) is 106 Å². The van der Waals surface area contributed by atoms with Crippen molar-refractivity contribution in [3.8, 4) is 22.8 Å². The molecule has 3 heterocycles. The number of thiazole rings is 1. The van der Waals surface area contributed by atoms with E-state index < -0.39 is 28.5 Å². The van der Waals surface area contributed by atoms with E-state index in [0.717, 1.165) is 16.9 Å². The fourth-order valence-corrected chi connectivity index (χ4v) is 6.30. The average Bonchev–Trinajstić information content (AvgIpc) is 3.64. The molecule has 0 unspecified atom stereocenters. The van der Waals surface area contributed by atoms with Crippen molar-refractivity contribution in [1.29, 1.82) is 0 Å². The molecule has 1 aliphatic rings. The summed E-state index contributed by atoms with van der Waals surface area (Å²) in [6.45, 7) is 8.69. The minimum atomic E-state index is -0.931. The Hall–Kier alpha value is -5.50. The van der Waals surface area contributed by atoms with Gasteiger partial charge in [-0.25, -0.2) is 14.6 Å². The van der Waals surface area contributed by atoms with Gasteiger partial charge in [-0.2, -0.15) is 0 Å². The summed E-state index contributed by atoms with van der Waals surface area (Å²) < 4.78 is 29.2. The number of hydrogen-bond donors (Lipinski definition) is 0. The quantitative estimate of drug-likeness (QED) is 0.125. The van der Waals surface area contributed by atoms with Crippen LogP contribution in [0.4, 0.5) is 5.69 Å². The molecule has 0 spiro atoms. The molecule has 2 aromatic heterocycles. The molecule has 0 N–H and O–H groups in total. The molecule has 1 aliphatic heterocycles. The Morgan fingerprint density at radius 2 is 1.83 bits per heavy atom. The molecule has 4 aromatic rings. The van der Waals surface area contributed by atoms with Gasteiger partial charge in [-0.05, 0) is 76.1 Å². The Balaban J connectivity index is 1.62. The summed E-state index contributed by atoms with van der Waals surface area (Å²) in [7, 11) is 1.25. The predicted molar refractivity (Wildman–Crippen MR) is 176 cm³/mol. The molecule has 0 bridgehead atoms. The molecule has 14 heteroatoms. The highest BCUT2D eigenvalue weighted by Crippen LogP contribution is 2.37. The Labute approximate surface area is 278 Å². The molecular weight excluding hydrogens is 642 g/mol. The van der Waals surface area contributed by atoms with Gasteiger partial charge in [0.15, 0.2) is 22.9 Å². The number of fused-ring (bicyclic) bond motifs is 1. The summed E-state index contributed by atoms with van der Waals surface area (Å²) in [6.07, 6.45) is 1.57. The number of carbonyl (C=O) groups excluding carboxylic acids is 2. The van der Waals surface area contributed by atoms with Crippen LogP contribution in [0.25, 0.3) is 17.4 Å². The lowest BCUT2D eigenvalue weighted by atomic mass is 9.95. The Kier molecular flexibility index (Phi) is 9.94. The van der Waals surface area contributed by atoms with Crippen molar-refractivity contribution >= 4 is 35.0 Å². The van der Waals surface area contributed by atoms with E-state index >= 15 is 0 Å². The second kappa shape index (κ2) is 14.1. The number of nitro benzene ring substituents is 1. The van der Waals surface area contributed by atoms with Crippen LogP contribution in [-0.4, -0.2) is 48.4 Å². The molecule has 0 amide bonds. The van der Waals surface area contributed by atoms with Gasteiger partial charge in [0, 0.05) is 23.3 Å². The van der Waals surface area contributed by atoms with Crippen LogP contribution in [0.15, 0.2) is 67.9 Å². The third-order valence-corrected chi connectivity index (χ3v) is 8.68. The van der Waals surface area contributed by atoms with E-state index in [1.165, 1.54) is 17.7 Å². The SMILES string of the molecule is CCOC(=O)C1=C(C)N=c2s/c(=C/c3ccc(-c4cc(C)c(C)c([N+](=O)[O-])c4)o3)c(=O)n2[C@H]1c1ccc(OCC(=O)OC)c(OCC)c1. The van der Waals surface area contributed by atoms with E-state index in [1.807, 2.05) is 0 Å². The highest BCUT2D eigenvalue weighted by atomic mass is 32.1. The fourth-order valence-electron chi connectivity index (χ4n) is 5.27. The van der Waals surface area contributed by atoms with Crippen LogP contribution in [-0.2, 0) is 19.1 Å². The molecule has 48 heavy (non-hydrogen) atoms. The summed E-state index contributed by atoms with van der Waals surface area (Å²) in [6, 6.07) is 10.6. The summed E-state index contributed by atoms with van der Waals surface area (Å²) in [5.74, 6) is 0.125. The van der Waals surface area contributed by atoms with Crippen molar-refractivity contribution in [2.45, 2.75) is 40.7 Å². The first-order valence-corrected chi connectivity index (χ1v) is 15.8. The van der Waals surface area contributed by atoms with Crippen LogP contribution in [0.5, 0.6) is 11.5 Å². The maximum absolute atomic E-state index is 14.1. The zero-order chi connectivity index (χ0) is 34.7. The molecular formula is C34H33N3O10S. The van der Waals surface area contributed by atoms with Gasteiger partial charge >= 0.3 is 11.9 Å². The van der Waals surface area contributed by atoms with Gasteiger partial charge in [0.25, 0.3) is 11.2 Å². The van der Waals surface area contributed by atoms with Crippen molar-refractivity contribution in [2.75, 3.05) is 26.9 Å². The van der Waals surface area contributed by atoms with Crippen molar-refractivity contribution in [3.63, 3.8) is 0 Å². The number of hydrogen-bond acceptors (Lipinski definition) is 12. The van der Waals surface area contributed by atoms with Crippen LogP contribution in [0.1, 0.15) is 49.3 Å². The van der Waals surface area contributed by atoms with E-state index in [-0.39, 0.29) is 41.4 Å². The monoisotopic (exact) mass is 675 g/mol. The zero-order valence-electron chi connectivity index (χ0n) is 27.1. The fraction of sp³-hybridized carbons (Fsp3) is 0.294. The van der Waals surface area contributed by atoms with Crippen LogP contribution >= 0.6 is 11.3 Å². The minimum absolute atomic E-state index is 0.0143. The number of furan rings is 1. The van der Waals surface area contributed by atoms with Gasteiger partial charge in [-0.15, -0.1) is 0 Å². The third kappa shape index (κ3) is 6.65. The van der Waals surface area contributed by atoms with Gasteiger partial charge < -0.3 is 23.4 Å².